The van der Waals surface area contributed by atoms with Crippen molar-refractivity contribution in [1.29, 1.82) is 0 Å². The summed E-state index contributed by atoms with van der Waals surface area (Å²) < 4.78 is 1.30. The number of carbonyl (C=O) groups is 1. The molecule has 0 aliphatic heterocycles. The van der Waals surface area contributed by atoms with E-state index in [0.29, 0.717) is 21.8 Å². The summed E-state index contributed by atoms with van der Waals surface area (Å²) in [6.07, 6.45) is 0. The number of non-ortho nitro benzene ring substituents is 1. The number of aromatic carboxylic acids is 1. The Balaban J connectivity index is 2.22. The monoisotopic (exact) mass is 345 g/mol. The third kappa shape index (κ3) is 2.65. The molecule has 1 aromatic heterocycles. The Labute approximate surface area is 141 Å². The van der Waals surface area contributed by atoms with Gasteiger partial charge in [-0.15, -0.1) is 0 Å². The highest BCUT2D eigenvalue weighted by molar-refractivity contribution is 6.30. The fourth-order valence-electron chi connectivity index (χ4n) is 2.63. The second-order valence-corrected chi connectivity index (χ2v) is 5.62. The lowest BCUT2D eigenvalue weighted by atomic mass is 10.1. The fourth-order valence-corrected chi connectivity index (χ4v) is 2.82. The molecule has 0 aliphatic rings. The van der Waals surface area contributed by atoms with Crippen molar-refractivity contribution >= 4 is 45.5 Å². The molecule has 24 heavy (non-hydrogen) atoms. The Bertz CT molecular complexity index is 981. The van der Waals surface area contributed by atoms with Crippen LogP contribution in [0.1, 0.15) is 10.5 Å². The van der Waals surface area contributed by atoms with Crippen LogP contribution < -0.4 is 5.32 Å². The van der Waals surface area contributed by atoms with Gasteiger partial charge in [0.25, 0.3) is 5.69 Å². The number of halogens is 1. The normalized spacial score (nSPS) is 10.8. The lowest BCUT2D eigenvalue weighted by Gasteiger charge is -2.09. The predicted octanol–water partition coefficient (Wildman–Crippen LogP) is 4.18. The molecule has 2 aromatic carbocycles. The van der Waals surface area contributed by atoms with Gasteiger partial charge >= 0.3 is 5.97 Å². The zero-order chi connectivity index (χ0) is 17.4. The minimum atomic E-state index is -1.16. The van der Waals surface area contributed by atoms with E-state index in [0.717, 1.165) is 0 Å². The predicted molar refractivity (Wildman–Crippen MR) is 91.3 cm³/mol. The molecule has 0 amide bonds. The largest absolute Gasteiger partial charge is 0.477 e. The number of benzene rings is 2. The standard InChI is InChI=1S/C16H12ClN3O4/c1-19-14(16(21)22)8-11-12(5-6-13(15(11)19)20(23)24)18-10-4-2-3-9(17)7-10/h2-8,18H,1H3,(H,21,22). The van der Waals surface area contributed by atoms with Gasteiger partial charge in [0, 0.05) is 34.9 Å². The number of nitrogens with one attached hydrogen (secondary N) is 1. The molecular formula is C16H12ClN3O4. The van der Waals surface area contributed by atoms with E-state index >= 15 is 0 Å². The van der Waals surface area contributed by atoms with Crippen molar-refractivity contribution in [3.05, 3.63) is 63.3 Å². The van der Waals surface area contributed by atoms with E-state index in [1.165, 1.54) is 23.7 Å². The number of carboxylic acid groups (broad SMARTS) is 1. The van der Waals surface area contributed by atoms with Gasteiger partial charge in [-0.2, -0.15) is 0 Å². The molecule has 0 aliphatic carbocycles. The van der Waals surface area contributed by atoms with E-state index in [9.17, 15) is 20.0 Å². The van der Waals surface area contributed by atoms with Gasteiger partial charge in [-0.25, -0.2) is 4.79 Å². The molecule has 8 heteroatoms. The minimum Gasteiger partial charge on any atom is -0.477 e. The maximum Gasteiger partial charge on any atom is 0.352 e. The average molecular weight is 346 g/mol. The van der Waals surface area contributed by atoms with Crippen molar-refractivity contribution in [3.63, 3.8) is 0 Å². The molecule has 7 nitrogen and oxygen atoms in total. The lowest BCUT2D eigenvalue weighted by molar-refractivity contribution is -0.383. The number of nitro benzene ring substituents is 1. The summed E-state index contributed by atoms with van der Waals surface area (Å²) in [4.78, 5) is 22.1. The van der Waals surface area contributed by atoms with Crippen molar-refractivity contribution in [1.82, 2.24) is 4.57 Å². The summed E-state index contributed by atoms with van der Waals surface area (Å²) in [5, 5.41) is 24.7. The number of fused-ring (bicyclic) bond motifs is 1. The number of aromatic nitrogens is 1. The zero-order valence-corrected chi connectivity index (χ0v) is 13.2. The quantitative estimate of drug-likeness (QED) is 0.546. The fraction of sp³-hybridized carbons (Fsp3) is 0.0625. The van der Waals surface area contributed by atoms with Crippen LogP contribution in [0.15, 0.2) is 42.5 Å². The van der Waals surface area contributed by atoms with E-state index < -0.39 is 10.9 Å². The smallest absolute Gasteiger partial charge is 0.352 e. The van der Waals surface area contributed by atoms with Gasteiger partial charge in [0.2, 0.25) is 0 Å². The van der Waals surface area contributed by atoms with Gasteiger partial charge in [0.15, 0.2) is 0 Å². The third-order valence-electron chi connectivity index (χ3n) is 3.69. The summed E-state index contributed by atoms with van der Waals surface area (Å²) >= 11 is 5.96. The first-order valence-corrected chi connectivity index (χ1v) is 7.29. The zero-order valence-electron chi connectivity index (χ0n) is 12.5. The first kappa shape index (κ1) is 15.8. The summed E-state index contributed by atoms with van der Waals surface area (Å²) in [5.41, 5.74) is 1.30. The molecule has 0 unspecified atom stereocenters. The van der Waals surface area contributed by atoms with Gasteiger partial charge in [-0.05, 0) is 30.3 Å². The van der Waals surface area contributed by atoms with Gasteiger partial charge in [0.1, 0.15) is 11.2 Å². The molecule has 0 bridgehead atoms. The Hall–Kier alpha value is -3.06. The number of anilines is 2. The van der Waals surface area contributed by atoms with Crippen molar-refractivity contribution in [2.24, 2.45) is 7.05 Å². The highest BCUT2D eigenvalue weighted by atomic mass is 35.5. The first-order chi connectivity index (χ1) is 11.4. The first-order valence-electron chi connectivity index (χ1n) is 6.91. The van der Waals surface area contributed by atoms with Crippen molar-refractivity contribution in [2.45, 2.75) is 0 Å². The number of nitro groups is 1. The molecule has 0 atom stereocenters. The average Bonchev–Trinajstić information content (AvgIpc) is 2.86. The number of nitrogens with zero attached hydrogens (tertiary/aromatic N) is 2. The van der Waals surface area contributed by atoms with Crippen LogP contribution in [0.25, 0.3) is 10.9 Å². The van der Waals surface area contributed by atoms with Crippen LogP contribution in [0.4, 0.5) is 17.1 Å². The molecule has 2 N–H and O–H groups in total. The van der Waals surface area contributed by atoms with E-state index in [2.05, 4.69) is 5.32 Å². The molecule has 0 fully saturated rings. The molecular weight excluding hydrogens is 334 g/mol. The van der Waals surface area contributed by atoms with Crippen LogP contribution in [-0.2, 0) is 7.05 Å². The maximum atomic E-state index is 11.4. The number of hydrogen-bond acceptors (Lipinski definition) is 4. The third-order valence-corrected chi connectivity index (χ3v) is 3.93. The Morgan fingerprint density at radius 1 is 1.29 bits per heavy atom. The summed E-state index contributed by atoms with van der Waals surface area (Å²) in [7, 11) is 1.49. The van der Waals surface area contributed by atoms with Crippen molar-refractivity contribution < 1.29 is 14.8 Å². The van der Waals surface area contributed by atoms with Gasteiger partial charge in [0.05, 0.1) is 4.92 Å². The second kappa shape index (κ2) is 5.86. The lowest BCUT2D eigenvalue weighted by Crippen LogP contribution is -2.04. The minimum absolute atomic E-state index is 0.0338. The SMILES string of the molecule is Cn1c(C(=O)O)cc2c(Nc3cccc(Cl)c3)ccc([N+](=O)[O-])c21. The molecule has 3 rings (SSSR count). The molecule has 0 saturated heterocycles. The Morgan fingerprint density at radius 3 is 2.67 bits per heavy atom. The summed E-state index contributed by atoms with van der Waals surface area (Å²) in [5.74, 6) is -1.16. The van der Waals surface area contributed by atoms with Crippen molar-refractivity contribution in [2.75, 3.05) is 5.32 Å². The van der Waals surface area contributed by atoms with Crippen LogP contribution in [0.3, 0.4) is 0 Å². The van der Waals surface area contributed by atoms with E-state index in [1.807, 2.05) is 0 Å². The highest BCUT2D eigenvalue weighted by Gasteiger charge is 2.22. The number of rotatable bonds is 4. The van der Waals surface area contributed by atoms with Crippen LogP contribution in [0, 0.1) is 10.1 Å². The Morgan fingerprint density at radius 2 is 2.04 bits per heavy atom. The van der Waals surface area contributed by atoms with E-state index in [1.54, 1.807) is 30.3 Å². The Kier molecular flexibility index (Phi) is 3.86. The van der Waals surface area contributed by atoms with Crippen LogP contribution in [0.5, 0.6) is 0 Å². The van der Waals surface area contributed by atoms with E-state index in [-0.39, 0.29) is 16.9 Å². The summed E-state index contributed by atoms with van der Waals surface area (Å²) in [6, 6.07) is 11.3. The topological polar surface area (TPSA) is 97.4 Å². The van der Waals surface area contributed by atoms with Crippen LogP contribution in [0.2, 0.25) is 5.02 Å². The molecule has 0 spiro atoms. The van der Waals surface area contributed by atoms with Gasteiger partial charge < -0.3 is 15.0 Å². The molecule has 122 valence electrons. The molecule has 0 radical (unpaired) electrons. The molecule has 3 aromatic rings. The van der Waals surface area contributed by atoms with E-state index in [4.69, 9.17) is 11.6 Å². The maximum absolute atomic E-state index is 11.4. The van der Waals surface area contributed by atoms with Gasteiger partial charge in [-0.1, -0.05) is 17.7 Å². The highest BCUT2D eigenvalue weighted by Crippen LogP contribution is 2.35. The van der Waals surface area contributed by atoms with Gasteiger partial charge in [-0.3, -0.25) is 10.1 Å². The van der Waals surface area contributed by atoms with Crippen molar-refractivity contribution in [3.8, 4) is 0 Å². The molecule has 0 saturated carbocycles. The van der Waals surface area contributed by atoms with Crippen LogP contribution in [-0.4, -0.2) is 20.6 Å². The molecule has 1 heterocycles. The second-order valence-electron chi connectivity index (χ2n) is 5.18. The number of aryl methyl sites for hydroxylation is 1. The number of hydrogen-bond donors (Lipinski definition) is 2. The van der Waals surface area contributed by atoms with Crippen LogP contribution >= 0.6 is 11.6 Å². The number of carboxylic acids is 1. The summed E-state index contributed by atoms with van der Waals surface area (Å²) in [6.45, 7) is 0.